The Balaban J connectivity index is 5.74. The summed E-state index contributed by atoms with van der Waals surface area (Å²) in [5.74, 6) is 0. The number of aliphatic hydroxyl groups excluding tert-OH is 6. The topological polar surface area (TPSA) is 154 Å². The predicted octanol–water partition coefficient (Wildman–Crippen LogP) is -2.77. The molecular formula is C13H28N2O7. The van der Waals surface area contributed by atoms with Gasteiger partial charge in [0.25, 0.3) is 0 Å². The lowest BCUT2D eigenvalue weighted by Crippen LogP contribution is -2.70. The van der Waals surface area contributed by atoms with Gasteiger partial charge < -0.3 is 40.9 Å². The molecule has 0 saturated carbocycles. The van der Waals surface area contributed by atoms with Crippen LogP contribution in [0.4, 0.5) is 4.79 Å². The zero-order valence-corrected chi connectivity index (χ0v) is 13.3. The highest BCUT2D eigenvalue weighted by Crippen LogP contribution is 2.26. The van der Waals surface area contributed by atoms with Crippen molar-refractivity contribution in [1.29, 1.82) is 0 Å². The summed E-state index contributed by atoms with van der Waals surface area (Å²) in [6.07, 6.45) is 0. The van der Waals surface area contributed by atoms with Crippen molar-refractivity contribution in [3.63, 3.8) is 0 Å². The molecule has 0 aromatic carbocycles. The molecule has 7 N–H and O–H groups in total. The minimum Gasteiger partial charge on any atom is -0.394 e. The lowest BCUT2D eigenvalue weighted by atomic mass is 9.92. The predicted molar refractivity (Wildman–Crippen MR) is 78.1 cm³/mol. The highest BCUT2D eigenvalue weighted by Gasteiger charge is 2.47. The van der Waals surface area contributed by atoms with Crippen LogP contribution in [0.2, 0.25) is 0 Å². The van der Waals surface area contributed by atoms with Crippen molar-refractivity contribution >= 4 is 6.03 Å². The van der Waals surface area contributed by atoms with E-state index < -0.39 is 62.3 Å². The van der Waals surface area contributed by atoms with Crippen LogP contribution in [-0.2, 0) is 0 Å². The largest absolute Gasteiger partial charge is 0.394 e. The van der Waals surface area contributed by atoms with E-state index in [1.165, 1.54) is 20.8 Å². The Labute approximate surface area is 129 Å². The fourth-order valence-corrected chi connectivity index (χ4v) is 1.97. The molecule has 9 heteroatoms. The number of carbonyl (C=O) groups is 1. The van der Waals surface area contributed by atoms with Crippen LogP contribution < -0.4 is 5.32 Å². The van der Waals surface area contributed by atoms with Gasteiger partial charge in [-0.2, -0.15) is 0 Å². The van der Waals surface area contributed by atoms with Crippen LogP contribution in [0.25, 0.3) is 0 Å². The lowest BCUT2D eigenvalue weighted by molar-refractivity contribution is -0.0708. The normalized spacial score (nSPS) is 13.1. The first kappa shape index (κ1) is 21.0. The molecule has 0 aromatic heterocycles. The van der Waals surface area contributed by atoms with Crippen molar-refractivity contribution in [1.82, 2.24) is 10.2 Å². The molecule has 132 valence electrons. The number of hydrogen-bond acceptors (Lipinski definition) is 7. The van der Waals surface area contributed by atoms with Crippen molar-refractivity contribution in [3.05, 3.63) is 0 Å². The molecule has 0 saturated heterocycles. The van der Waals surface area contributed by atoms with Crippen molar-refractivity contribution in [3.8, 4) is 0 Å². The van der Waals surface area contributed by atoms with Gasteiger partial charge in [-0.3, -0.25) is 0 Å². The molecule has 0 radical (unpaired) electrons. The summed E-state index contributed by atoms with van der Waals surface area (Å²) < 4.78 is 0. The molecule has 0 aliphatic carbocycles. The molecule has 0 aromatic rings. The van der Waals surface area contributed by atoms with Gasteiger partial charge >= 0.3 is 6.03 Å². The number of aliphatic hydroxyl groups is 6. The second-order valence-corrected chi connectivity index (χ2v) is 6.27. The fraction of sp³-hybridized carbons (Fsp3) is 0.923. The molecule has 0 atom stereocenters. The van der Waals surface area contributed by atoms with E-state index >= 15 is 0 Å². The number of rotatable bonds is 9. The molecule has 0 aliphatic rings. The maximum Gasteiger partial charge on any atom is 0.319 e. The molecule has 0 rings (SSSR count). The summed E-state index contributed by atoms with van der Waals surface area (Å²) in [6, 6.07) is -0.859. The summed E-state index contributed by atoms with van der Waals surface area (Å²) in [6.45, 7) is 0.566. The molecule has 2 amide bonds. The minimum absolute atomic E-state index is 0.549. The van der Waals surface area contributed by atoms with Crippen LogP contribution in [0, 0.1) is 0 Å². The number of nitrogens with one attached hydrogen (secondary N) is 1. The Morgan fingerprint density at radius 3 is 1.32 bits per heavy atom. The van der Waals surface area contributed by atoms with Gasteiger partial charge in [0.2, 0.25) is 0 Å². The molecule has 0 heterocycles. The highest BCUT2D eigenvalue weighted by atomic mass is 16.3. The Hall–Kier alpha value is -0.970. The third-order valence-electron chi connectivity index (χ3n) is 3.75. The maximum absolute atomic E-state index is 12.6. The number of amides is 2. The number of urea groups is 1. The van der Waals surface area contributed by atoms with Gasteiger partial charge in [-0.1, -0.05) is 0 Å². The molecule has 22 heavy (non-hydrogen) atoms. The van der Waals surface area contributed by atoms with E-state index in [0.29, 0.717) is 0 Å². The first-order valence-electron chi connectivity index (χ1n) is 6.89. The molecular weight excluding hydrogens is 296 g/mol. The summed E-state index contributed by atoms with van der Waals surface area (Å²) >= 11 is 0. The van der Waals surface area contributed by atoms with Crippen molar-refractivity contribution < 1.29 is 35.4 Å². The maximum atomic E-state index is 12.6. The first-order chi connectivity index (χ1) is 10.1. The zero-order valence-electron chi connectivity index (χ0n) is 13.3. The Bertz CT molecular complexity index is 334. The quantitative estimate of drug-likeness (QED) is 0.242. The second kappa shape index (κ2) is 8.04. The summed E-state index contributed by atoms with van der Waals surface area (Å²) in [4.78, 5) is 13.5. The van der Waals surface area contributed by atoms with Crippen molar-refractivity contribution in [2.45, 2.75) is 37.4 Å². The molecule has 0 unspecified atom stereocenters. The van der Waals surface area contributed by atoms with Crippen LogP contribution in [0.3, 0.4) is 0 Å². The zero-order chi connectivity index (χ0) is 17.6. The standard InChI is InChI=1S/C13H28N2O7/c1-11(4-16,5-17)14-10(22)15(12(2,6-18)7-19)13(3,8-20)9-21/h16-21H,4-9H2,1-3H3,(H,14,22). The van der Waals surface area contributed by atoms with Crippen LogP contribution in [0.5, 0.6) is 0 Å². The second-order valence-electron chi connectivity index (χ2n) is 6.27. The van der Waals surface area contributed by atoms with Crippen LogP contribution >= 0.6 is 0 Å². The number of carbonyl (C=O) groups excluding carboxylic acids is 1. The Kier molecular flexibility index (Phi) is 7.69. The summed E-state index contributed by atoms with van der Waals surface area (Å²) in [5, 5.41) is 59.0. The molecule has 0 aliphatic heterocycles. The average Bonchev–Trinajstić information content (AvgIpc) is 2.54. The van der Waals surface area contributed by atoms with Gasteiger partial charge in [-0.05, 0) is 20.8 Å². The lowest BCUT2D eigenvalue weighted by Gasteiger charge is -2.49. The first-order valence-corrected chi connectivity index (χ1v) is 6.89. The van der Waals surface area contributed by atoms with Gasteiger partial charge in [-0.25, -0.2) is 4.79 Å². The van der Waals surface area contributed by atoms with Crippen molar-refractivity contribution in [2.24, 2.45) is 0 Å². The molecule has 0 spiro atoms. The monoisotopic (exact) mass is 324 g/mol. The third-order valence-corrected chi connectivity index (χ3v) is 3.75. The average molecular weight is 324 g/mol. The van der Waals surface area contributed by atoms with Crippen LogP contribution in [0.15, 0.2) is 0 Å². The number of nitrogens with zero attached hydrogens (tertiary/aromatic N) is 1. The van der Waals surface area contributed by atoms with E-state index in [1.54, 1.807) is 0 Å². The third kappa shape index (κ3) is 4.28. The van der Waals surface area contributed by atoms with E-state index in [4.69, 9.17) is 0 Å². The van der Waals surface area contributed by atoms with E-state index in [1.807, 2.05) is 0 Å². The number of hydrogen-bond donors (Lipinski definition) is 7. The van der Waals surface area contributed by atoms with Crippen LogP contribution in [-0.4, -0.2) is 97.8 Å². The summed E-state index contributed by atoms with van der Waals surface area (Å²) in [7, 11) is 0. The SMILES string of the molecule is CC(CO)(CO)NC(=O)N(C(C)(CO)CO)C(C)(CO)CO. The van der Waals surface area contributed by atoms with Crippen molar-refractivity contribution in [2.75, 3.05) is 39.6 Å². The van der Waals surface area contributed by atoms with E-state index in [9.17, 15) is 35.4 Å². The molecule has 0 bridgehead atoms. The van der Waals surface area contributed by atoms with Gasteiger partial charge in [0.1, 0.15) is 0 Å². The minimum atomic E-state index is -1.48. The Morgan fingerprint density at radius 2 is 1.09 bits per heavy atom. The van der Waals surface area contributed by atoms with Gasteiger partial charge in [0.05, 0.1) is 56.3 Å². The smallest absolute Gasteiger partial charge is 0.319 e. The van der Waals surface area contributed by atoms with E-state index in [2.05, 4.69) is 5.32 Å². The fourth-order valence-electron chi connectivity index (χ4n) is 1.97. The highest BCUT2D eigenvalue weighted by molar-refractivity contribution is 5.77. The Morgan fingerprint density at radius 1 is 0.773 bits per heavy atom. The van der Waals surface area contributed by atoms with E-state index in [-0.39, 0.29) is 0 Å². The summed E-state index contributed by atoms with van der Waals surface area (Å²) in [5.41, 5.74) is -4.29. The van der Waals surface area contributed by atoms with E-state index in [0.717, 1.165) is 4.90 Å². The van der Waals surface area contributed by atoms with Crippen LogP contribution in [0.1, 0.15) is 20.8 Å². The van der Waals surface area contributed by atoms with Gasteiger partial charge in [-0.15, -0.1) is 0 Å². The van der Waals surface area contributed by atoms with Gasteiger partial charge in [0, 0.05) is 0 Å². The van der Waals surface area contributed by atoms with Gasteiger partial charge in [0.15, 0.2) is 0 Å². The molecule has 9 nitrogen and oxygen atoms in total. The molecule has 0 fully saturated rings.